The van der Waals surface area contributed by atoms with E-state index in [1.165, 1.54) is 15.4 Å². The molecule has 5 nitrogen and oxygen atoms in total. The SMILES string of the molecule is CC(Cc1cccs1)N(C)S(=O)(=O)c1c[nH]c(CN)c1. The van der Waals surface area contributed by atoms with E-state index in [4.69, 9.17) is 5.73 Å². The summed E-state index contributed by atoms with van der Waals surface area (Å²) < 4.78 is 26.4. The fraction of sp³-hybridized carbons (Fsp3) is 0.385. The molecule has 0 fully saturated rings. The third-order valence-electron chi connectivity index (χ3n) is 3.31. The Morgan fingerprint density at radius 2 is 2.25 bits per heavy atom. The first-order chi connectivity index (χ1) is 9.45. The Hall–Kier alpha value is -1.15. The summed E-state index contributed by atoms with van der Waals surface area (Å²) in [6, 6.07) is 5.48. The number of nitrogens with zero attached hydrogens (tertiary/aromatic N) is 1. The second kappa shape index (κ2) is 6.09. The molecule has 2 heterocycles. The van der Waals surface area contributed by atoms with E-state index < -0.39 is 10.0 Å². The Balaban J connectivity index is 2.15. The zero-order chi connectivity index (χ0) is 14.8. The van der Waals surface area contributed by atoms with Crippen LogP contribution >= 0.6 is 11.3 Å². The van der Waals surface area contributed by atoms with E-state index in [1.54, 1.807) is 24.5 Å². The van der Waals surface area contributed by atoms with Gasteiger partial charge < -0.3 is 10.7 Å². The monoisotopic (exact) mass is 313 g/mol. The average Bonchev–Trinajstić information content (AvgIpc) is 3.08. The molecular weight excluding hydrogens is 294 g/mol. The van der Waals surface area contributed by atoms with Crippen molar-refractivity contribution < 1.29 is 8.42 Å². The molecule has 0 aromatic carbocycles. The van der Waals surface area contributed by atoms with Gasteiger partial charge in [-0.3, -0.25) is 0 Å². The maximum atomic E-state index is 12.5. The van der Waals surface area contributed by atoms with Crippen LogP contribution in [0.15, 0.2) is 34.7 Å². The van der Waals surface area contributed by atoms with Crippen molar-refractivity contribution in [3.63, 3.8) is 0 Å². The smallest absolute Gasteiger partial charge is 0.244 e. The van der Waals surface area contributed by atoms with Gasteiger partial charge in [-0.1, -0.05) is 6.07 Å². The molecule has 0 spiro atoms. The number of nitrogens with two attached hydrogens (primary N) is 1. The summed E-state index contributed by atoms with van der Waals surface area (Å²) in [6.07, 6.45) is 2.20. The topological polar surface area (TPSA) is 79.2 Å². The van der Waals surface area contributed by atoms with Crippen molar-refractivity contribution >= 4 is 21.4 Å². The molecule has 3 N–H and O–H groups in total. The number of H-pyrrole nitrogens is 1. The maximum Gasteiger partial charge on any atom is 0.244 e. The van der Waals surface area contributed by atoms with E-state index in [9.17, 15) is 8.42 Å². The molecule has 0 amide bonds. The lowest BCUT2D eigenvalue weighted by atomic mass is 10.2. The third-order valence-corrected chi connectivity index (χ3v) is 6.16. The van der Waals surface area contributed by atoms with Crippen molar-refractivity contribution in [2.75, 3.05) is 7.05 Å². The summed E-state index contributed by atoms with van der Waals surface area (Å²) in [5.74, 6) is 0. The molecule has 2 aromatic heterocycles. The lowest BCUT2D eigenvalue weighted by molar-refractivity contribution is 0.388. The Kier molecular flexibility index (Phi) is 4.64. The fourth-order valence-corrected chi connectivity index (χ4v) is 4.14. The predicted molar refractivity (Wildman–Crippen MR) is 81.1 cm³/mol. The van der Waals surface area contributed by atoms with Gasteiger partial charge >= 0.3 is 0 Å². The van der Waals surface area contributed by atoms with Crippen LogP contribution in [0.4, 0.5) is 0 Å². The normalized spacial score (nSPS) is 13.8. The van der Waals surface area contributed by atoms with Crippen LogP contribution in [0.1, 0.15) is 17.5 Å². The van der Waals surface area contributed by atoms with Crippen LogP contribution in [0.5, 0.6) is 0 Å². The van der Waals surface area contributed by atoms with Crippen LogP contribution in [0.25, 0.3) is 0 Å². The molecule has 0 aliphatic heterocycles. The van der Waals surface area contributed by atoms with E-state index in [1.807, 2.05) is 24.4 Å². The number of aromatic amines is 1. The molecule has 110 valence electrons. The number of rotatable bonds is 6. The van der Waals surface area contributed by atoms with Crippen LogP contribution in [-0.2, 0) is 23.0 Å². The largest absolute Gasteiger partial charge is 0.363 e. The van der Waals surface area contributed by atoms with Crippen LogP contribution in [0.3, 0.4) is 0 Å². The summed E-state index contributed by atoms with van der Waals surface area (Å²) in [4.78, 5) is 4.31. The van der Waals surface area contributed by atoms with Crippen molar-refractivity contribution in [1.82, 2.24) is 9.29 Å². The molecule has 1 unspecified atom stereocenters. The minimum Gasteiger partial charge on any atom is -0.363 e. The van der Waals surface area contributed by atoms with Gasteiger partial charge in [-0.2, -0.15) is 4.31 Å². The third kappa shape index (κ3) is 3.12. The van der Waals surface area contributed by atoms with Gasteiger partial charge in [-0.05, 0) is 30.9 Å². The van der Waals surface area contributed by atoms with Gasteiger partial charge in [0.05, 0.1) is 4.90 Å². The van der Waals surface area contributed by atoms with Gasteiger partial charge in [-0.15, -0.1) is 11.3 Å². The molecule has 0 aliphatic carbocycles. The summed E-state index contributed by atoms with van der Waals surface area (Å²) >= 11 is 1.64. The summed E-state index contributed by atoms with van der Waals surface area (Å²) in [6.45, 7) is 2.21. The first-order valence-corrected chi connectivity index (χ1v) is 8.65. The lowest BCUT2D eigenvalue weighted by Gasteiger charge is -2.23. The zero-order valence-corrected chi connectivity index (χ0v) is 13.2. The molecule has 0 aliphatic rings. The highest BCUT2D eigenvalue weighted by atomic mass is 32.2. The number of nitrogens with one attached hydrogen (secondary N) is 1. The summed E-state index contributed by atoms with van der Waals surface area (Å²) in [5.41, 5.74) is 6.21. The minimum absolute atomic E-state index is 0.102. The van der Waals surface area contributed by atoms with Crippen LogP contribution in [0.2, 0.25) is 0 Å². The van der Waals surface area contributed by atoms with Crippen molar-refractivity contribution in [2.45, 2.75) is 30.8 Å². The van der Waals surface area contributed by atoms with Gasteiger partial charge in [-0.25, -0.2) is 8.42 Å². The first-order valence-electron chi connectivity index (χ1n) is 6.33. The highest BCUT2D eigenvalue weighted by molar-refractivity contribution is 7.89. The number of aromatic nitrogens is 1. The van der Waals surface area contributed by atoms with E-state index in [2.05, 4.69) is 4.98 Å². The highest BCUT2D eigenvalue weighted by Crippen LogP contribution is 2.20. The average molecular weight is 313 g/mol. The number of likely N-dealkylation sites (N-methyl/N-ethyl adjacent to an activating group) is 1. The van der Waals surface area contributed by atoms with Gasteiger partial charge in [0.15, 0.2) is 0 Å². The number of hydrogen-bond acceptors (Lipinski definition) is 4. The summed E-state index contributed by atoms with van der Waals surface area (Å²) in [5, 5.41) is 2.00. The van der Waals surface area contributed by atoms with Crippen molar-refractivity contribution in [1.29, 1.82) is 0 Å². The van der Waals surface area contributed by atoms with Crippen molar-refractivity contribution in [3.05, 3.63) is 40.3 Å². The second-order valence-corrected chi connectivity index (χ2v) is 7.75. The van der Waals surface area contributed by atoms with E-state index in [-0.39, 0.29) is 10.9 Å². The van der Waals surface area contributed by atoms with Gasteiger partial charge in [0, 0.05) is 36.4 Å². The zero-order valence-electron chi connectivity index (χ0n) is 11.5. The molecule has 2 rings (SSSR count). The van der Waals surface area contributed by atoms with Crippen molar-refractivity contribution in [3.8, 4) is 0 Å². The second-order valence-electron chi connectivity index (χ2n) is 4.72. The minimum atomic E-state index is -3.48. The van der Waals surface area contributed by atoms with Gasteiger partial charge in [0.25, 0.3) is 0 Å². The Morgan fingerprint density at radius 3 is 2.80 bits per heavy atom. The first kappa shape index (κ1) is 15.2. The fourth-order valence-electron chi connectivity index (χ4n) is 1.94. The highest BCUT2D eigenvalue weighted by Gasteiger charge is 2.26. The van der Waals surface area contributed by atoms with Gasteiger partial charge in [0.1, 0.15) is 0 Å². The number of sulfonamides is 1. The Labute approximate surface area is 123 Å². The van der Waals surface area contributed by atoms with Crippen molar-refractivity contribution in [2.24, 2.45) is 5.73 Å². The molecular formula is C13H19N3O2S2. The summed E-state index contributed by atoms with van der Waals surface area (Å²) in [7, 11) is -1.87. The predicted octanol–water partition coefficient (Wildman–Crippen LogP) is 1.79. The van der Waals surface area contributed by atoms with E-state index in [0.29, 0.717) is 18.7 Å². The number of hydrogen-bond donors (Lipinski definition) is 2. The molecule has 2 aromatic rings. The standard InChI is InChI=1S/C13H19N3O2S2/c1-10(6-12-4-3-5-19-12)16(2)20(17,18)13-7-11(8-14)15-9-13/h3-5,7,9-10,15H,6,8,14H2,1-2H3. The van der Waals surface area contributed by atoms with Crippen LogP contribution in [0, 0.1) is 0 Å². The molecule has 20 heavy (non-hydrogen) atoms. The van der Waals surface area contributed by atoms with Crippen LogP contribution < -0.4 is 5.73 Å². The van der Waals surface area contributed by atoms with Gasteiger partial charge in [0.2, 0.25) is 10.0 Å². The van der Waals surface area contributed by atoms with E-state index in [0.717, 1.165) is 0 Å². The molecule has 7 heteroatoms. The lowest BCUT2D eigenvalue weighted by Crippen LogP contribution is -2.36. The molecule has 0 bridgehead atoms. The van der Waals surface area contributed by atoms with E-state index >= 15 is 0 Å². The molecule has 1 atom stereocenters. The quantitative estimate of drug-likeness (QED) is 0.853. The molecule has 0 saturated carbocycles. The van der Waals surface area contributed by atoms with Crippen LogP contribution in [-0.4, -0.2) is 30.8 Å². The Morgan fingerprint density at radius 1 is 1.50 bits per heavy atom. The number of thiophene rings is 1. The Bertz CT molecular complexity index is 647. The molecule has 0 radical (unpaired) electrons. The molecule has 0 saturated heterocycles. The maximum absolute atomic E-state index is 12.5.